The molecule has 156 valence electrons. The van der Waals surface area contributed by atoms with Gasteiger partial charge in [0, 0.05) is 45.5 Å². The summed E-state index contributed by atoms with van der Waals surface area (Å²) in [6.45, 7) is 2.66. The largest absolute Gasteiger partial charge is 0.370 e. The van der Waals surface area contributed by atoms with Crippen molar-refractivity contribution in [2.45, 2.75) is 43.9 Å². The fraction of sp³-hybridized carbons (Fsp3) is 0.524. The molecule has 6 nitrogen and oxygen atoms in total. The van der Waals surface area contributed by atoms with Crippen LogP contribution in [0.25, 0.3) is 0 Å². The minimum atomic E-state index is -0.539. The van der Waals surface area contributed by atoms with Crippen LogP contribution in [0.15, 0.2) is 30.5 Å². The van der Waals surface area contributed by atoms with Gasteiger partial charge in [-0.3, -0.25) is 14.4 Å². The van der Waals surface area contributed by atoms with Crippen molar-refractivity contribution >= 4 is 5.91 Å². The number of hydrogen-bond acceptors (Lipinski definition) is 4. The summed E-state index contributed by atoms with van der Waals surface area (Å²) >= 11 is 0. The molecule has 0 saturated carbocycles. The van der Waals surface area contributed by atoms with Crippen molar-refractivity contribution in [2.75, 3.05) is 19.6 Å². The second kappa shape index (κ2) is 8.20. The highest BCUT2D eigenvalue weighted by Crippen LogP contribution is 2.39. The summed E-state index contributed by atoms with van der Waals surface area (Å²) in [7, 11) is 1.78. The Kier molecular flexibility index (Phi) is 5.65. The average Bonchev–Trinajstić information content (AvgIpc) is 3.28. The maximum absolute atomic E-state index is 13.4. The van der Waals surface area contributed by atoms with Gasteiger partial charge in [-0.1, -0.05) is 0 Å². The summed E-state index contributed by atoms with van der Waals surface area (Å²) in [5, 5.41) is 7.01. The van der Waals surface area contributed by atoms with Gasteiger partial charge in [0.2, 0.25) is 0 Å². The van der Waals surface area contributed by atoms with Gasteiger partial charge in [0.05, 0.1) is 11.7 Å². The highest BCUT2D eigenvalue weighted by molar-refractivity contribution is 5.92. The van der Waals surface area contributed by atoms with Gasteiger partial charge in [-0.05, 0) is 49.4 Å². The fourth-order valence-corrected chi connectivity index (χ4v) is 4.32. The van der Waals surface area contributed by atoms with E-state index in [9.17, 15) is 13.6 Å². The van der Waals surface area contributed by atoms with Crippen LogP contribution < -0.4 is 5.32 Å². The van der Waals surface area contributed by atoms with Crippen LogP contribution in [-0.4, -0.2) is 51.9 Å². The van der Waals surface area contributed by atoms with Crippen LogP contribution >= 0.6 is 0 Å². The van der Waals surface area contributed by atoms with E-state index >= 15 is 0 Å². The molecule has 1 aromatic heterocycles. The lowest BCUT2D eigenvalue weighted by Crippen LogP contribution is -2.44. The number of benzene rings is 1. The summed E-state index contributed by atoms with van der Waals surface area (Å²) < 4.78 is 34.7. The maximum atomic E-state index is 13.4. The van der Waals surface area contributed by atoms with Gasteiger partial charge in [-0.15, -0.1) is 0 Å². The molecule has 2 aliphatic rings. The molecule has 4 rings (SSSR count). The summed E-state index contributed by atoms with van der Waals surface area (Å²) in [6, 6.07) is 5.36. The second-order valence-electron chi connectivity index (χ2n) is 8.10. The Morgan fingerprint density at radius 2 is 1.97 bits per heavy atom. The molecule has 1 unspecified atom stereocenters. The molecule has 8 heteroatoms. The van der Waals surface area contributed by atoms with Crippen molar-refractivity contribution in [3.8, 4) is 0 Å². The molecule has 1 N–H and O–H groups in total. The number of aromatic nitrogens is 2. The highest BCUT2D eigenvalue weighted by Gasteiger charge is 2.42. The Bertz CT molecular complexity index is 857. The minimum Gasteiger partial charge on any atom is -0.370 e. The van der Waals surface area contributed by atoms with Gasteiger partial charge in [-0.25, -0.2) is 8.78 Å². The number of rotatable bonds is 5. The zero-order valence-electron chi connectivity index (χ0n) is 16.5. The van der Waals surface area contributed by atoms with E-state index in [0.717, 1.165) is 44.8 Å². The number of piperidine rings is 1. The molecule has 3 heterocycles. The molecule has 2 aromatic rings. The molecule has 1 atom stereocenters. The van der Waals surface area contributed by atoms with Crippen LogP contribution in [0.3, 0.4) is 0 Å². The van der Waals surface area contributed by atoms with Crippen molar-refractivity contribution in [3.05, 3.63) is 53.4 Å². The zero-order valence-corrected chi connectivity index (χ0v) is 16.5. The fourth-order valence-electron chi connectivity index (χ4n) is 4.32. The van der Waals surface area contributed by atoms with Crippen molar-refractivity contribution in [1.29, 1.82) is 0 Å². The molecule has 1 spiro atoms. The first-order valence-electron chi connectivity index (χ1n) is 10.0. The Morgan fingerprint density at radius 3 is 2.62 bits per heavy atom. The van der Waals surface area contributed by atoms with Crippen molar-refractivity contribution in [3.63, 3.8) is 0 Å². The summed E-state index contributed by atoms with van der Waals surface area (Å²) in [6.07, 6.45) is 5.40. The number of nitrogens with zero attached hydrogens (tertiary/aromatic N) is 3. The third kappa shape index (κ3) is 4.82. The SMILES string of the molecule is Cn1ccc(C(=O)NCC2CCC3(CCN(Cc4cc(F)cc(F)c4)CC3)O2)n1. The normalized spacial score (nSPS) is 21.6. The molecule has 1 aromatic carbocycles. The monoisotopic (exact) mass is 404 g/mol. The van der Waals surface area contributed by atoms with Crippen LogP contribution in [0.2, 0.25) is 0 Å². The summed E-state index contributed by atoms with van der Waals surface area (Å²) in [5.41, 5.74) is 0.910. The lowest BCUT2D eigenvalue weighted by molar-refractivity contribution is -0.0764. The first-order chi connectivity index (χ1) is 13.9. The molecule has 2 aliphatic heterocycles. The van der Waals surface area contributed by atoms with Gasteiger partial charge >= 0.3 is 0 Å². The molecule has 0 bridgehead atoms. The lowest BCUT2D eigenvalue weighted by Gasteiger charge is -2.39. The van der Waals surface area contributed by atoms with Gasteiger partial charge in [0.25, 0.3) is 5.91 Å². The Morgan fingerprint density at radius 1 is 1.24 bits per heavy atom. The molecule has 0 aliphatic carbocycles. The summed E-state index contributed by atoms with van der Waals surface area (Å²) in [4.78, 5) is 14.4. The quantitative estimate of drug-likeness (QED) is 0.833. The van der Waals surface area contributed by atoms with E-state index in [2.05, 4.69) is 15.3 Å². The van der Waals surface area contributed by atoms with E-state index in [1.54, 1.807) is 24.0 Å². The molecule has 0 radical (unpaired) electrons. The van der Waals surface area contributed by atoms with E-state index in [0.29, 0.717) is 24.3 Å². The van der Waals surface area contributed by atoms with Gasteiger partial charge < -0.3 is 10.1 Å². The molecular formula is C21H26F2N4O2. The van der Waals surface area contributed by atoms with E-state index in [1.807, 2.05) is 0 Å². The minimum absolute atomic E-state index is 0.00604. The summed E-state index contributed by atoms with van der Waals surface area (Å²) in [5.74, 6) is -1.27. The number of nitrogens with one attached hydrogen (secondary N) is 1. The topological polar surface area (TPSA) is 59.4 Å². The van der Waals surface area contributed by atoms with E-state index in [4.69, 9.17) is 4.74 Å². The van der Waals surface area contributed by atoms with Crippen molar-refractivity contribution < 1.29 is 18.3 Å². The highest BCUT2D eigenvalue weighted by atomic mass is 19.1. The van der Waals surface area contributed by atoms with Crippen LogP contribution in [0.4, 0.5) is 8.78 Å². The first kappa shape index (κ1) is 20.0. The predicted octanol–water partition coefficient (Wildman–Crippen LogP) is 2.64. The Labute approximate surface area is 168 Å². The molecule has 2 fully saturated rings. The average molecular weight is 404 g/mol. The number of hydrogen-bond donors (Lipinski definition) is 1. The standard InChI is InChI=1S/C21H26F2N4O2/c1-26-7-3-19(25-26)20(28)24-13-18-2-4-21(29-18)5-8-27(9-6-21)14-15-10-16(22)12-17(23)11-15/h3,7,10-12,18H,2,4-6,8-9,13-14H2,1H3,(H,24,28). The lowest BCUT2D eigenvalue weighted by atomic mass is 9.88. The Hall–Kier alpha value is -2.32. The number of likely N-dealkylation sites (tertiary alicyclic amines) is 1. The smallest absolute Gasteiger partial charge is 0.271 e. The van der Waals surface area contributed by atoms with Crippen LogP contribution in [0, 0.1) is 11.6 Å². The number of ether oxygens (including phenoxy) is 1. The maximum Gasteiger partial charge on any atom is 0.271 e. The predicted molar refractivity (Wildman–Crippen MR) is 103 cm³/mol. The third-order valence-corrected chi connectivity index (χ3v) is 5.87. The van der Waals surface area contributed by atoms with Crippen LogP contribution in [0.1, 0.15) is 41.7 Å². The Balaban J connectivity index is 1.24. The van der Waals surface area contributed by atoms with Crippen LogP contribution in [-0.2, 0) is 18.3 Å². The first-order valence-corrected chi connectivity index (χ1v) is 10.0. The number of carbonyl (C=O) groups excluding carboxylic acids is 1. The number of carbonyl (C=O) groups is 1. The number of amides is 1. The van der Waals surface area contributed by atoms with Crippen molar-refractivity contribution in [2.24, 2.45) is 7.05 Å². The van der Waals surface area contributed by atoms with E-state index in [1.165, 1.54) is 12.1 Å². The zero-order chi connectivity index (χ0) is 20.4. The van der Waals surface area contributed by atoms with Crippen LogP contribution in [0.5, 0.6) is 0 Å². The molecular weight excluding hydrogens is 378 g/mol. The number of halogens is 2. The van der Waals surface area contributed by atoms with E-state index in [-0.39, 0.29) is 17.6 Å². The van der Waals surface area contributed by atoms with Gasteiger partial charge in [0.15, 0.2) is 0 Å². The molecule has 1 amide bonds. The third-order valence-electron chi connectivity index (χ3n) is 5.87. The molecule has 29 heavy (non-hydrogen) atoms. The van der Waals surface area contributed by atoms with E-state index < -0.39 is 11.6 Å². The van der Waals surface area contributed by atoms with Crippen molar-refractivity contribution in [1.82, 2.24) is 20.0 Å². The molecule has 2 saturated heterocycles. The van der Waals surface area contributed by atoms with Gasteiger partial charge in [0.1, 0.15) is 17.3 Å². The second-order valence-corrected chi connectivity index (χ2v) is 8.10. The van der Waals surface area contributed by atoms with Gasteiger partial charge in [-0.2, -0.15) is 5.10 Å². The number of aryl methyl sites for hydroxylation is 1.